The molecule has 0 saturated heterocycles. The number of benzene rings is 2. The van der Waals surface area contributed by atoms with Crippen molar-refractivity contribution < 1.29 is 20.1 Å². The van der Waals surface area contributed by atoms with Crippen LogP contribution in [0, 0.1) is 0 Å². The van der Waals surface area contributed by atoms with Crippen LogP contribution in [-0.2, 0) is 0 Å². The van der Waals surface area contributed by atoms with E-state index in [1.807, 2.05) is 36.4 Å². The van der Waals surface area contributed by atoms with Crippen LogP contribution in [0.5, 0.6) is 5.75 Å². The van der Waals surface area contributed by atoms with Crippen LogP contribution in [0.4, 0.5) is 0 Å². The second kappa shape index (κ2) is 6.02. The van der Waals surface area contributed by atoms with Gasteiger partial charge in [0.15, 0.2) is 0 Å². The second-order valence-electron chi connectivity index (χ2n) is 4.53. The number of ether oxygens (including phenoxy) is 1. The number of hydrogen-bond donors (Lipinski definition) is 3. The predicted molar refractivity (Wildman–Crippen MR) is 73.2 cm³/mol. The Balaban J connectivity index is 2.43. The van der Waals surface area contributed by atoms with Gasteiger partial charge in [-0.05, 0) is 12.3 Å². The molecule has 1 unspecified atom stereocenters. The van der Waals surface area contributed by atoms with Crippen LogP contribution in [-0.4, -0.2) is 34.6 Å². The highest BCUT2D eigenvalue weighted by molar-refractivity contribution is 5.89. The van der Waals surface area contributed by atoms with Gasteiger partial charge in [0.1, 0.15) is 18.5 Å². The first-order valence-corrected chi connectivity index (χ1v) is 6.25. The maximum absolute atomic E-state index is 9.79. The molecule has 0 aliphatic carbocycles. The van der Waals surface area contributed by atoms with Gasteiger partial charge in [0.05, 0.1) is 12.7 Å². The second-order valence-corrected chi connectivity index (χ2v) is 4.53. The summed E-state index contributed by atoms with van der Waals surface area (Å²) in [5.41, 5.74) is 0.670. The first kappa shape index (κ1) is 13.8. The van der Waals surface area contributed by atoms with Crippen LogP contribution in [0.3, 0.4) is 0 Å². The fourth-order valence-electron chi connectivity index (χ4n) is 1.98. The highest BCUT2D eigenvalue weighted by Gasteiger charge is 2.14. The van der Waals surface area contributed by atoms with Gasteiger partial charge in [-0.15, -0.1) is 0 Å². The molecule has 2 aromatic rings. The normalized spacial score (nSPS) is 14.3. The fourth-order valence-corrected chi connectivity index (χ4v) is 1.98. The third kappa shape index (κ3) is 3.04. The summed E-state index contributed by atoms with van der Waals surface area (Å²) < 4.78 is 5.59. The molecule has 2 aromatic carbocycles. The minimum Gasteiger partial charge on any atom is -0.490 e. The molecule has 102 valence electrons. The quantitative estimate of drug-likeness (QED) is 0.766. The van der Waals surface area contributed by atoms with Crippen molar-refractivity contribution in [1.82, 2.24) is 0 Å². The fraction of sp³-hybridized carbons (Fsp3) is 0.333. The Kier molecular flexibility index (Phi) is 4.37. The van der Waals surface area contributed by atoms with Gasteiger partial charge in [-0.3, -0.25) is 0 Å². The zero-order chi connectivity index (χ0) is 13.8. The van der Waals surface area contributed by atoms with E-state index in [1.165, 1.54) is 0 Å². The summed E-state index contributed by atoms with van der Waals surface area (Å²) in [5.74, 6) is 0.556. The van der Waals surface area contributed by atoms with E-state index >= 15 is 0 Å². The van der Waals surface area contributed by atoms with E-state index in [2.05, 4.69) is 0 Å². The van der Waals surface area contributed by atoms with Crippen LogP contribution in [0.2, 0.25) is 0 Å². The van der Waals surface area contributed by atoms with Crippen molar-refractivity contribution in [2.24, 2.45) is 0 Å². The molecule has 0 heterocycles. The van der Waals surface area contributed by atoms with E-state index in [0.717, 1.165) is 10.8 Å². The van der Waals surface area contributed by atoms with Gasteiger partial charge >= 0.3 is 0 Å². The molecule has 0 amide bonds. The van der Waals surface area contributed by atoms with Gasteiger partial charge in [-0.1, -0.05) is 36.4 Å². The number of fused-ring (bicyclic) bond motifs is 1. The highest BCUT2D eigenvalue weighted by atomic mass is 16.5. The molecule has 3 N–H and O–H groups in total. The van der Waals surface area contributed by atoms with Crippen molar-refractivity contribution in [2.75, 3.05) is 13.2 Å². The predicted octanol–water partition coefficient (Wildman–Crippen LogP) is 1.63. The zero-order valence-electron chi connectivity index (χ0n) is 10.8. The third-order valence-electron chi connectivity index (χ3n) is 2.99. The van der Waals surface area contributed by atoms with Crippen molar-refractivity contribution in [3.8, 4) is 5.75 Å². The summed E-state index contributed by atoms with van der Waals surface area (Å²) in [7, 11) is 0. The molecular formula is C15H18O4. The Hall–Kier alpha value is -1.62. The largest absolute Gasteiger partial charge is 0.490 e. The summed E-state index contributed by atoms with van der Waals surface area (Å²) >= 11 is 0. The van der Waals surface area contributed by atoms with Crippen LogP contribution >= 0.6 is 0 Å². The molecule has 19 heavy (non-hydrogen) atoms. The maximum Gasteiger partial charge on any atom is 0.133 e. The summed E-state index contributed by atoms with van der Waals surface area (Å²) in [5, 5.41) is 29.9. The minimum absolute atomic E-state index is 0.00969. The SMILES string of the molecule is C[C@@H](O)c1ccc2ccccc2c1OCC(O)CO. The van der Waals surface area contributed by atoms with Crippen molar-refractivity contribution in [2.45, 2.75) is 19.1 Å². The van der Waals surface area contributed by atoms with E-state index in [-0.39, 0.29) is 13.2 Å². The lowest BCUT2D eigenvalue weighted by Gasteiger charge is -2.17. The summed E-state index contributed by atoms with van der Waals surface area (Å²) in [6.07, 6.45) is -1.59. The Morgan fingerprint density at radius 1 is 1.11 bits per heavy atom. The van der Waals surface area contributed by atoms with Gasteiger partial charge < -0.3 is 20.1 Å². The van der Waals surface area contributed by atoms with E-state index < -0.39 is 12.2 Å². The van der Waals surface area contributed by atoms with E-state index in [0.29, 0.717) is 11.3 Å². The maximum atomic E-state index is 9.79. The topological polar surface area (TPSA) is 69.9 Å². The molecule has 0 aliphatic rings. The lowest BCUT2D eigenvalue weighted by Crippen LogP contribution is -2.21. The van der Waals surface area contributed by atoms with Gasteiger partial charge in [0, 0.05) is 10.9 Å². The minimum atomic E-state index is -0.930. The molecule has 0 aliphatic heterocycles. The van der Waals surface area contributed by atoms with Gasteiger partial charge in [-0.25, -0.2) is 0 Å². The molecule has 0 spiro atoms. The molecule has 4 nitrogen and oxygen atoms in total. The van der Waals surface area contributed by atoms with Crippen molar-refractivity contribution >= 4 is 10.8 Å². The van der Waals surface area contributed by atoms with Crippen LogP contribution < -0.4 is 4.74 Å². The molecule has 0 bridgehead atoms. The van der Waals surface area contributed by atoms with E-state index in [4.69, 9.17) is 9.84 Å². The molecule has 0 radical (unpaired) electrons. The average Bonchev–Trinajstić information content (AvgIpc) is 2.43. The van der Waals surface area contributed by atoms with Crippen LogP contribution in [0.1, 0.15) is 18.6 Å². The van der Waals surface area contributed by atoms with Crippen molar-refractivity contribution in [1.29, 1.82) is 0 Å². The highest BCUT2D eigenvalue weighted by Crippen LogP contribution is 2.33. The van der Waals surface area contributed by atoms with Crippen LogP contribution in [0.25, 0.3) is 10.8 Å². The van der Waals surface area contributed by atoms with Gasteiger partial charge in [0.2, 0.25) is 0 Å². The Morgan fingerprint density at radius 2 is 1.84 bits per heavy atom. The molecule has 0 saturated carbocycles. The number of aliphatic hydroxyl groups is 3. The molecule has 2 atom stereocenters. The molecule has 0 aromatic heterocycles. The molecular weight excluding hydrogens is 244 g/mol. The number of rotatable bonds is 5. The Labute approximate surface area is 111 Å². The Bertz CT molecular complexity index is 551. The van der Waals surface area contributed by atoms with Gasteiger partial charge in [-0.2, -0.15) is 0 Å². The van der Waals surface area contributed by atoms with Crippen LogP contribution in [0.15, 0.2) is 36.4 Å². The summed E-state index contributed by atoms with van der Waals surface area (Å²) in [4.78, 5) is 0. The smallest absolute Gasteiger partial charge is 0.133 e. The Morgan fingerprint density at radius 3 is 2.53 bits per heavy atom. The molecule has 4 heteroatoms. The molecule has 2 rings (SSSR count). The lowest BCUT2D eigenvalue weighted by molar-refractivity contribution is 0.0528. The van der Waals surface area contributed by atoms with E-state index in [1.54, 1.807) is 6.92 Å². The number of hydrogen-bond acceptors (Lipinski definition) is 4. The van der Waals surface area contributed by atoms with Crippen molar-refractivity contribution in [3.05, 3.63) is 42.0 Å². The lowest BCUT2D eigenvalue weighted by atomic mass is 10.0. The van der Waals surface area contributed by atoms with E-state index in [9.17, 15) is 10.2 Å². The first-order valence-electron chi connectivity index (χ1n) is 6.25. The standard InChI is InChI=1S/C15H18O4/c1-10(17)13-7-6-11-4-2-3-5-14(11)15(13)19-9-12(18)8-16/h2-7,10,12,16-18H,8-9H2,1H3/t10-,12?/m1/s1. The summed E-state index contributed by atoms with van der Waals surface area (Å²) in [6, 6.07) is 11.4. The summed E-state index contributed by atoms with van der Waals surface area (Å²) in [6.45, 7) is 1.30. The monoisotopic (exact) mass is 262 g/mol. The average molecular weight is 262 g/mol. The van der Waals surface area contributed by atoms with Crippen molar-refractivity contribution in [3.63, 3.8) is 0 Å². The van der Waals surface area contributed by atoms with Gasteiger partial charge in [0.25, 0.3) is 0 Å². The molecule has 0 fully saturated rings. The third-order valence-corrected chi connectivity index (χ3v) is 2.99. The first-order chi connectivity index (χ1) is 9.13. The number of aliphatic hydroxyl groups excluding tert-OH is 3. The zero-order valence-corrected chi connectivity index (χ0v) is 10.8.